The molecule has 0 fully saturated rings. The highest BCUT2D eigenvalue weighted by Crippen LogP contribution is 2.31. The van der Waals surface area contributed by atoms with E-state index in [2.05, 4.69) is 0 Å². The molecule has 0 aromatic carbocycles. The molecule has 0 saturated carbocycles. The van der Waals surface area contributed by atoms with Crippen LogP contribution in [-0.4, -0.2) is 52.1 Å². The van der Waals surface area contributed by atoms with E-state index in [1.807, 2.05) is 4.13 Å². The van der Waals surface area contributed by atoms with Crippen LogP contribution in [0.3, 0.4) is 0 Å². The Bertz CT molecular complexity index is 587. The van der Waals surface area contributed by atoms with E-state index in [9.17, 15) is 30.0 Å². The van der Waals surface area contributed by atoms with Gasteiger partial charge >= 0.3 is 14.1 Å². The summed E-state index contributed by atoms with van der Waals surface area (Å²) in [6.45, 7) is 6.78. The Hall–Kier alpha value is 0.00377. The van der Waals surface area contributed by atoms with Crippen molar-refractivity contribution in [2.24, 2.45) is 0 Å². The first-order valence-corrected chi connectivity index (χ1v) is 14.9. The van der Waals surface area contributed by atoms with Crippen molar-refractivity contribution in [2.45, 2.75) is 37.7 Å². The second-order valence-corrected chi connectivity index (χ2v) is 17.1. The second kappa shape index (κ2) is 6.86. The van der Waals surface area contributed by atoms with Gasteiger partial charge in [-0.25, -0.2) is 16.8 Å². The van der Waals surface area contributed by atoms with E-state index in [-0.39, 0.29) is 6.04 Å². The minimum atomic E-state index is -6.07. The van der Waals surface area contributed by atoms with Gasteiger partial charge in [-0.3, -0.25) is 0 Å². The number of nitrogens with zero attached hydrogens (tertiary/aromatic N) is 1. The highest BCUT2D eigenvalue weighted by Gasteiger charge is 2.41. The Kier molecular flexibility index (Phi) is 6.86. The molecule has 7 nitrogen and oxygen atoms in total. The molecule has 0 rings (SSSR count). The summed E-state index contributed by atoms with van der Waals surface area (Å²) in [4.78, 5) is 0. The molecular weight excluding hydrogens is 383 g/mol. The maximum Gasteiger partial charge on any atom is 0.480 e. The Morgan fingerprint density at radius 2 is 1.50 bits per heavy atom. The summed E-state index contributed by atoms with van der Waals surface area (Å²) in [5.41, 5.74) is -5.74. The molecule has 0 spiro atoms. The molecule has 0 atom stereocenters. The fourth-order valence-corrected chi connectivity index (χ4v) is 12.3. The first-order chi connectivity index (χ1) is 9.43. The molecule has 0 aromatic rings. The number of hydrogen-bond acceptors (Lipinski definition) is 6. The van der Waals surface area contributed by atoms with Crippen LogP contribution >= 0.6 is 0 Å². The number of alkyl halides is 3. The summed E-state index contributed by atoms with van der Waals surface area (Å²) in [5.74, 6) is -0.838. The quantitative estimate of drug-likeness (QED) is 0.576. The third-order valence-electron chi connectivity index (χ3n) is 2.48. The van der Waals surface area contributed by atoms with Gasteiger partial charge in [-0.15, -0.1) is 0 Å². The van der Waals surface area contributed by atoms with Crippen LogP contribution in [0.4, 0.5) is 13.2 Å². The molecule has 22 heavy (non-hydrogen) atoms. The molecule has 0 radical (unpaired) electrons. The van der Waals surface area contributed by atoms with Crippen LogP contribution in [0.2, 0.25) is 32.2 Å². The maximum atomic E-state index is 12.1. The van der Waals surface area contributed by atoms with Gasteiger partial charge in [-0.1, -0.05) is 0 Å². The van der Waals surface area contributed by atoms with Crippen LogP contribution < -0.4 is 0 Å². The lowest BCUT2D eigenvalue weighted by molar-refractivity contribution is -0.0425. The van der Waals surface area contributed by atoms with Crippen LogP contribution in [-0.2, 0) is 28.6 Å². The largest absolute Gasteiger partial charge is 0.480 e. The average Bonchev–Trinajstić information content (AvgIpc) is 2.22. The molecule has 0 aliphatic carbocycles. The summed E-state index contributed by atoms with van der Waals surface area (Å²) in [7, 11) is -14.4. The van der Waals surface area contributed by atoms with Crippen molar-refractivity contribution in [1.82, 2.24) is 0 Å². The van der Waals surface area contributed by atoms with Crippen molar-refractivity contribution < 1.29 is 38.5 Å². The predicted molar refractivity (Wildman–Crippen MR) is 80.0 cm³/mol. The molecule has 0 saturated heterocycles. The van der Waals surface area contributed by atoms with Crippen molar-refractivity contribution in [3.05, 3.63) is 4.13 Å². The lowest BCUT2D eigenvalue weighted by atomic mass is 11.0. The Labute approximate surface area is 130 Å². The zero-order valence-corrected chi connectivity index (χ0v) is 16.4. The fraction of sp³-hybridized carbons (Fsp3) is 1.00. The minimum Gasteiger partial charge on any atom is -0.436 e. The van der Waals surface area contributed by atoms with Gasteiger partial charge in [-0.05, 0) is 32.2 Å². The van der Waals surface area contributed by atoms with E-state index in [4.69, 9.17) is 8.54 Å². The van der Waals surface area contributed by atoms with Crippen molar-refractivity contribution in [3.63, 3.8) is 0 Å². The smallest absolute Gasteiger partial charge is 0.436 e. The monoisotopic (exact) mass is 402 g/mol. The van der Waals surface area contributed by atoms with Gasteiger partial charge in [0.05, 0.1) is 10.0 Å². The Morgan fingerprint density at radius 3 is 1.86 bits per heavy atom. The zero-order chi connectivity index (χ0) is 18.0. The molecule has 0 aliphatic rings. The van der Waals surface area contributed by atoms with Crippen LogP contribution in [0.1, 0.15) is 0 Å². The topological polar surface area (TPSA) is 101 Å². The van der Waals surface area contributed by atoms with Gasteiger partial charge in [0.2, 0.25) is 0 Å². The SMILES string of the molecule is CO[Si](C)(C)O[Si](C)(C)CCS(=O)(=O)[N-]S(=O)(=O)C(F)(F)F. The number of rotatable bonds is 8. The third kappa shape index (κ3) is 7.52. The summed E-state index contributed by atoms with van der Waals surface area (Å²) >= 11 is 0. The first kappa shape index (κ1) is 22.0. The Balaban J connectivity index is 4.90. The number of sulfonamides is 2. The van der Waals surface area contributed by atoms with Gasteiger partial charge in [0.25, 0.3) is 0 Å². The van der Waals surface area contributed by atoms with Crippen molar-refractivity contribution in [2.75, 3.05) is 12.9 Å². The van der Waals surface area contributed by atoms with Gasteiger partial charge in [0.1, 0.15) is 0 Å². The molecule has 134 valence electrons. The van der Waals surface area contributed by atoms with Crippen molar-refractivity contribution in [1.29, 1.82) is 0 Å². The lowest BCUT2D eigenvalue weighted by Crippen LogP contribution is -2.46. The van der Waals surface area contributed by atoms with Gasteiger partial charge in [0.15, 0.2) is 18.3 Å². The number of halogens is 3. The molecule has 0 heterocycles. The molecule has 0 amide bonds. The van der Waals surface area contributed by atoms with Crippen LogP contribution in [0.5, 0.6) is 0 Å². The molecule has 0 aromatic heterocycles. The molecular formula is C8H19F3NO6S2Si2-. The van der Waals surface area contributed by atoms with E-state index in [0.29, 0.717) is 0 Å². The van der Waals surface area contributed by atoms with Gasteiger partial charge in [-0.2, -0.15) is 13.2 Å². The molecule has 14 heteroatoms. The van der Waals surface area contributed by atoms with E-state index >= 15 is 0 Å². The summed E-state index contributed by atoms with van der Waals surface area (Å²) in [6.07, 6.45) is 0. The number of hydrogen-bond donors (Lipinski definition) is 0. The summed E-state index contributed by atoms with van der Waals surface area (Å²) < 4.78 is 93.8. The minimum absolute atomic E-state index is 0.105. The maximum absolute atomic E-state index is 12.1. The first-order valence-electron chi connectivity index (χ1n) is 5.97. The fourth-order valence-electron chi connectivity index (χ4n) is 1.36. The van der Waals surface area contributed by atoms with Crippen molar-refractivity contribution >= 4 is 36.9 Å². The second-order valence-electron chi connectivity index (χ2n) is 5.50. The zero-order valence-electron chi connectivity index (χ0n) is 12.8. The van der Waals surface area contributed by atoms with Crippen molar-refractivity contribution in [3.8, 4) is 0 Å². The van der Waals surface area contributed by atoms with Crippen LogP contribution in [0.15, 0.2) is 0 Å². The van der Waals surface area contributed by atoms with Gasteiger partial charge < -0.3 is 12.7 Å². The normalized spacial score (nSPS) is 15.1. The lowest BCUT2D eigenvalue weighted by Gasteiger charge is -2.33. The Morgan fingerprint density at radius 1 is 1.05 bits per heavy atom. The van der Waals surface area contributed by atoms with E-state index < -0.39 is 48.2 Å². The van der Waals surface area contributed by atoms with Crippen LogP contribution in [0, 0.1) is 0 Å². The summed E-state index contributed by atoms with van der Waals surface area (Å²) in [5, 5.41) is 0. The molecule has 0 aliphatic heterocycles. The standard InChI is InChI=1S/C8H19F3NO6S2Si2/c1-17-22(4,5)18-21(2,3)7-6-19(13,14)12-20(15,16)8(9,10)11/h6-7H2,1-5H3/q-1. The average molecular weight is 403 g/mol. The predicted octanol–water partition coefficient (Wildman–Crippen LogP) is 2.11. The third-order valence-corrected chi connectivity index (χ3v) is 12.5. The highest BCUT2D eigenvalue weighted by atomic mass is 32.3. The van der Waals surface area contributed by atoms with E-state index in [0.717, 1.165) is 0 Å². The molecule has 0 N–H and O–H groups in total. The van der Waals surface area contributed by atoms with Crippen LogP contribution in [0.25, 0.3) is 4.13 Å². The van der Waals surface area contributed by atoms with E-state index in [1.165, 1.54) is 7.11 Å². The summed E-state index contributed by atoms with van der Waals surface area (Å²) in [6, 6.07) is -0.105. The van der Waals surface area contributed by atoms with E-state index in [1.54, 1.807) is 26.2 Å². The van der Waals surface area contributed by atoms with Gasteiger partial charge in [0, 0.05) is 12.9 Å². The molecule has 0 bridgehead atoms. The molecule has 0 unspecified atom stereocenters. The highest BCUT2D eigenvalue weighted by molar-refractivity contribution is 8.12.